The Hall–Kier alpha value is -1.85. The molecule has 3 aromatic rings. The normalized spacial score (nSPS) is 14.8. The summed E-state index contributed by atoms with van der Waals surface area (Å²) in [6, 6.07) is 17.4. The molecule has 0 spiro atoms. The number of hydrogen-bond donors (Lipinski definition) is 1. The summed E-state index contributed by atoms with van der Waals surface area (Å²) >= 11 is 14.9. The zero-order chi connectivity index (χ0) is 24.5. The number of hydrogen-bond acceptors (Lipinski definition) is 4. The SMILES string of the molecule is Cc1ccc(S(=O)(=O)N2CCN(c3c(Cl)cccc3NC(=O)c3cc(I)ccc3Cl)CC2)cc1. The third kappa shape index (κ3) is 5.36. The van der Waals surface area contributed by atoms with Gasteiger partial charge in [0.25, 0.3) is 5.91 Å². The Morgan fingerprint density at radius 3 is 2.29 bits per heavy atom. The van der Waals surface area contributed by atoms with Gasteiger partial charge in [-0.1, -0.05) is 47.0 Å². The first-order valence-electron chi connectivity index (χ1n) is 10.5. The molecule has 3 aromatic carbocycles. The van der Waals surface area contributed by atoms with Gasteiger partial charge in [-0.05, 0) is 72.0 Å². The van der Waals surface area contributed by atoms with Gasteiger partial charge in [0.05, 0.1) is 31.9 Å². The highest BCUT2D eigenvalue weighted by Gasteiger charge is 2.30. The Bertz CT molecular complexity index is 1330. The van der Waals surface area contributed by atoms with Crippen LogP contribution in [0.2, 0.25) is 10.0 Å². The van der Waals surface area contributed by atoms with Gasteiger partial charge in [-0.3, -0.25) is 4.79 Å². The third-order valence-corrected chi connectivity index (χ3v) is 8.84. The molecular weight excluding hydrogens is 608 g/mol. The summed E-state index contributed by atoms with van der Waals surface area (Å²) in [6.07, 6.45) is 0. The molecule has 1 heterocycles. The minimum absolute atomic E-state index is 0.284. The van der Waals surface area contributed by atoms with E-state index < -0.39 is 10.0 Å². The number of nitrogens with zero attached hydrogens (tertiary/aromatic N) is 2. The number of rotatable bonds is 5. The van der Waals surface area contributed by atoms with Crippen LogP contribution in [0.1, 0.15) is 15.9 Å². The summed E-state index contributed by atoms with van der Waals surface area (Å²) < 4.78 is 28.5. The minimum atomic E-state index is -3.58. The Balaban J connectivity index is 1.53. The average Bonchev–Trinajstić information content (AvgIpc) is 2.81. The molecule has 1 saturated heterocycles. The van der Waals surface area contributed by atoms with Crippen LogP contribution in [0.5, 0.6) is 0 Å². The molecule has 178 valence electrons. The Kier molecular flexibility index (Phi) is 7.73. The third-order valence-electron chi connectivity index (χ3n) is 5.62. The average molecular weight is 630 g/mol. The quantitative estimate of drug-likeness (QED) is 0.369. The van der Waals surface area contributed by atoms with Crippen molar-refractivity contribution in [1.82, 2.24) is 4.31 Å². The molecule has 4 rings (SSSR count). The summed E-state index contributed by atoms with van der Waals surface area (Å²) in [7, 11) is -3.58. The van der Waals surface area contributed by atoms with Crippen LogP contribution in [0.3, 0.4) is 0 Å². The Morgan fingerprint density at radius 2 is 1.62 bits per heavy atom. The molecule has 0 unspecified atom stereocenters. The number of amides is 1. The molecule has 10 heteroatoms. The highest BCUT2D eigenvalue weighted by Crippen LogP contribution is 2.35. The molecule has 0 aromatic heterocycles. The fourth-order valence-electron chi connectivity index (χ4n) is 3.81. The highest BCUT2D eigenvalue weighted by atomic mass is 127. The van der Waals surface area contributed by atoms with Crippen LogP contribution in [0, 0.1) is 10.5 Å². The maximum atomic E-state index is 13.0. The number of halogens is 3. The topological polar surface area (TPSA) is 69.7 Å². The molecule has 1 aliphatic heterocycles. The molecule has 0 saturated carbocycles. The molecule has 1 fully saturated rings. The molecule has 1 N–H and O–H groups in total. The fourth-order valence-corrected chi connectivity index (χ4v) is 6.22. The van der Waals surface area contributed by atoms with Crippen molar-refractivity contribution in [3.63, 3.8) is 0 Å². The van der Waals surface area contributed by atoms with Crippen molar-refractivity contribution in [3.8, 4) is 0 Å². The second-order valence-corrected chi connectivity index (χ2v) is 11.9. The molecule has 1 aliphatic rings. The lowest BCUT2D eigenvalue weighted by molar-refractivity contribution is 0.102. The maximum Gasteiger partial charge on any atom is 0.257 e. The first-order valence-corrected chi connectivity index (χ1v) is 13.8. The van der Waals surface area contributed by atoms with E-state index in [0.717, 1.165) is 9.13 Å². The van der Waals surface area contributed by atoms with Gasteiger partial charge in [0.1, 0.15) is 0 Å². The number of aryl methyl sites for hydroxylation is 1. The van der Waals surface area contributed by atoms with Crippen LogP contribution < -0.4 is 10.2 Å². The van der Waals surface area contributed by atoms with E-state index in [0.29, 0.717) is 53.2 Å². The van der Waals surface area contributed by atoms with Crippen LogP contribution in [-0.4, -0.2) is 44.8 Å². The minimum Gasteiger partial charge on any atom is -0.366 e. The van der Waals surface area contributed by atoms with Crippen molar-refractivity contribution in [2.24, 2.45) is 0 Å². The summed E-state index contributed by atoms with van der Waals surface area (Å²) in [5, 5.41) is 3.75. The van der Waals surface area contributed by atoms with Crippen LogP contribution in [-0.2, 0) is 10.0 Å². The Morgan fingerprint density at radius 1 is 0.941 bits per heavy atom. The molecule has 0 bridgehead atoms. The van der Waals surface area contributed by atoms with E-state index in [9.17, 15) is 13.2 Å². The van der Waals surface area contributed by atoms with E-state index in [1.807, 2.05) is 17.9 Å². The summed E-state index contributed by atoms with van der Waals surface area (Å²) in [5.74, 6) is -0.340. The maximum absolute atomic E-state index is 13.0. The van der Waals surface area contributed by atoms with Crippen molar-refractivity contribution >= 4 is 73.1 Å². The van der Waals surface area contributed by atoms with Crippen molar-refractivity contribution in [2.75, 3.05) is 36.4 Å². The summed E-state index contributed by atoms with van der Waals surface area (Å²) in [5.41, 5.74) is 2.57. The molecular formula is C24H22Cl2IN3O3S. The van der Waals surface area contributed by atoms with Gasteiger partial charge >= 0.3 is 0 Å². The van der Waals surface area contributed by atoms with Crippen LogP contribution in [0.25, 0.3) is 0 Å². The van der Waals surface area contributed by atoms with Crippen molar-refractivity contribution in [1.29, 1.82) is 0 Å². The number of carbonyl (C=O) groups excluding carboxylic acids is 1. The van der Waals surface area contributed by atoms with Gasteiger partial charge in [0.2, 0.25) is 10.0 Å². The number of carbonyl (C=O) groups is 1. The molecule has 34 heavy (non-hydrogen) atoms. The lowest BCUT2D eigenvalue weighted by Gasteiger charge is -2.36. The molecule has 0 radical (unpaired) electrons. The zero-order valence-electron chi connectivity index (χ0n) is 18.3. The lowest BCUT2D eigenvalue weighted by Crippen LogP contribution is -2.49. The van der Waals surface area contributed by atoms with Gasteiger partial charge in [-0.2, -0.15) is 4.31 Å². The smallest absolute Gasteiger partial charge is 0.257 e. The second kappa shape index (κ2) is 10.4. The fraction of sp³-hybridized carbons (Fsp3) is 0.208. The molecule has 6 nitrogen and oxygen atoms in total. The predicted molar refractivity (Wildman–Crippen MR) is 146 cm³/mol. The van der Waals surface area contributed by atoms with Crippen LogP contribution >= 0.6 is 45.8 Å². The van der Waals surface area contributed by atoms with E-state index in [-0.39, 0.29) is 10.8 Å². The predicted octanol–water partition coefficient (Wildman–Crippen LogP) is 5.67. The van der Waals surface area contributed by atoms with Crippen molar-refractivity contribution in [3.05, 3.63) is 85.4 Å². The Labute approximate surface area is 223 Å². The van der Waals surface area contributed by atoms with E-state index in [4.69, 9.17) is 23.2 Å². The van der Waals surface area contributed by atoms with Crippen LogP contribution in [0.15, 0.2) is 65.6 Å². The number of benzene rings is 3. The molecule has 0 aliphatic carbocycles. The largest absolute Gasteiger partial charge is 0.366 e. The molecule has 1 amide bonds. The van der Waals surface area contributed by atoms with Crippen LogP contribution in [0.4, 0.5) is 11.4 Å². The van der Waals surface area contributed by atoms with Gasteiger partial charge < -0.3 is 10.2 Å². The second-order valence-electron chi connectivity index (χ2n) is 7.92. The van der Waals surface area contributed by atoms with Crippen molar-refractivity contribution < 1.29 is 13.2 Å². The number of nitrogens with one attached hydrogen (secondary N) is 1. The van der Waals surface area contributed by atoms with Gasteiger partial charge in [-0.25, -0.2) is 8.42 Å². The first-order chi connectivity index (χ1) is 16.2. The standard InChI is InChI=1S/C24H22Cl2IN3O3S/c1-16-5-8-18(9-6-16)34(32,33)30-13-11-29(12-14-30)23-21(26)3-2-4-22(23)28-24(31)19-15-17(27)7-10-20(19)25/h2-10,15H,11-14H2,1H3,(H,28,31). The summed E-state index contributed by atoms with van der Waals surface area (Å²) in [6.45, 7) is 3.39. The first kappa shape index (κ1) is 25.2. The zero-order valence-corrected chi connectivity index (χ0v) is 22.7. The number of para-hydroxylation sites is 1. The number of anilines is 2. The molecule has 0 atom stereocenters. The van der Waals surface area contributed by atoms with Gasteiger partial charge in [0.15, 0.2) is 0 Å². The summed E-state index contributed by atoms with van der Waals surface area (Å²) in [4.78, 5) is 15.2. The monoisotopic (exact) mass is 629 g/mol. The van der Waals surface area contributed by atoms with E-state index in [1.54, 1.807) is 54.6 Å². The number of piperazine rings is 1. The highest BCUT2D eigenvalue weighted by molar-refractivity contribution is 14.1. The van der Waals surface area contributed by atoms with E-state index in [1.165, 1.54) is 4.31 Å². The number of sulfonamides is 1. The van der Waals surface area contributed by atoms with E-state index in [2.05, 4.69) is 27.9 Å². The van der Waals surface area contributed by atoms with Gasteiger partial charge in [0, 0.05) is 29.7 Å². The van der Waals surface area contributed by atoms with Gasteiger partial charge in [-0.15, -0.1) is 0 Å². The van der Waals surface area contributed by atoms with Crippen molar-refractivity contribution in [2.45, 2.75) is 11.8 Å². The van der Waals surface area contributed by atoms with E-state index >= 15 is 0 Å². The lowest BCUT2D eigenvalue weighted by atomic mass is 10.1.